The predicted octanol–water partition coefficient (Wildman–Crippen LogP) is 3.92. The van der Waals surface area contributed by atoms with Crippen molar-refractivity contribution in [2.24, 2.45) is 5.73 Å². The van der Waals surface area contributed by atoms with Gasteiger partial charge in [0.15, 0.2) is 0 Å². The fourth-order valence-corrected chi connectivity index (χ4v) is 2.93. The highest BCUT2D eigenvalue weighted by Gasteiger charge is 2.13. The van der Waals surface area contributed by atoms with Crippen LogP contribution in [0.15, 0.2) is 36.4 Å². The van der Waals surface area contributed by atoms with Gasteiger partial charge in [-0.1, -0.05) is 42.3 Å². The van der Waals surface area contributed by atoms with Crippen LogP contribution in [-0.2, 0) is 17.6 Å². The summed E-state index contributed by atoms with van der Waals surface area (Å²) in [6, 6.07) is 11.3. The lowest BCUT2D eigenvalue weighted by Crippen LogP contribution is -2.13. The van der Waals surface area contributed by atoms with Crippen LogP contribution >= 0.6 is 23.2 Å². The van der Waals surface area contributed by atoms with E-state index >= 15 is 0 Å². The Bertz CT molecular complexity index is 885. The van der Waals surface area contributed by atoms with E-state index in [1.807, 2.05) is 41.8 Å². The minimum Gasteiger partial charge on any atom is -0.369 e. The molecule has 0 radical (unpaired) electrons. The van der Waals surface area contributed by atoms with Crippen molar-refractivity contribution in [3.8, 4) is 5.69 Å². The third-order valence-corrected chi connectivity index (χ3v) is 4.38. The Balaban J connectivity index is 2.14. The molecule has 1 heterocycles. The van der Waals surface area contributed by atoms with Crippen molar-refractivity contribution in [2.45, 2.75) is 19.8 Å². The van der Waals surface area contributed by atoms with Gasteiger partial charge in [0.25, 0.3) is 0 Å². The first-order valence-electron chi connectivity index (χ1n) is 7.23. The molecule has 1 amide bonds. The molecule has 1 aromatic heterocycles. The van der Waals surface area contributed by atoms with Crippen LogP contribution in [0.5, 0.6) is 0 Å². The minimum absolute atomic E-state index is 0.229. The maximum absolute atomic E-state index is 11.0. The van der Waals surface area contributed by atoms with E-state index in [-0.39, 0.29) is 12.3 Å². The molecule has 2 N–H and O–H groups in total. The van der Waals surface area contributed by atoms with Gasteiger partial charge in [-0.15, -0.1) is 0 Å². The van der Waals surface area contributed by atoms with Crippen molar-refractivity contribution in [2.75, 3.05) is 0 Å². The molecule has 0 saturated carbocycles. The molecule has 4 nitrogen and oxygen atoms in total. The third-order valence-electron chi connectivity index (χ3n) is 3.66. The standard InChI is InChI=1S/C17H15Cl2N3O/c1-2-17-21-14-8-12(18)13(19)9-15(14)22(17)11-5-3-10(4-6-11)7-16(20)23/h3-6,8-9H,2,7H2,1H3,(H2,20,23). The number of benzene rings is 2. The zero-order chi connectivity index (χ0) is 16.6. The van der Waals surface area contributed by atoms with E-state index in [4.69, 9.17) is 28.9 Å². The number of fused-ring (bicyclic) bond motifs is 1. The number of primary amides is 1. The second-order valence-electron chi connectivity index (χ2n) is 5.28. The molecule has 118 valence electrons. The lowest BCUT2D eigenvalue weighted by Gasteiger charge is -2.09. The molecule has 0 aliphatic carbocycles. The molecule has 0 fully saturated rings. The van der Waals surface area contributed by atoms with Crippen molar-refractivity contribution < 1.29 is 4.79 Å². The second-order valence-corrected chi connectivity index (χ2v) is 6.10. The number of hydrogen-bond donors (Lipinski definition) is 1. The molecule has 0 bridgehead atoms. The van der Waals surface area contributed by atoms with Crippen LogP contribution in [0.1, 0.15) is 18.3 Å². The highest BCUT2D eigenvalue weighted by atomic mass is 35.5. The molecule has 0 aliphatic heterocycles. The minimum atomic E-state index is -0.346. The Hall–Kier alpha value is -2.04. The van der Waals surface area contributed by atoms with Gasteiger partial charge in [-0.2, -0.15) is 0 Å². The van der Waals surface area contributed by atoms with Gasteiger partial charge in [0.05, 0.1) is 27.5 Å². The number of amides is 1. The molecule has 0 unspecified atom stereocenters. The predicted molar refractivity (Wildman–Crippen MR) is 93.4 cm³/mol. The van der Waals surface area contributed by atoms with Gasteiger partial charge < -0.3 is 5.73 Å². The maximum Gasteiger partial charge on any atom is 0.221 e. The van der Waals surface area contributed by atoms with E-state index in [1.165, 1.54) is 0 Å². The molecule has 2 aromatic carbocycles. The fraction of sp³-hybridized carbons (Fsp3) is 0.176. The van der Waals surface area contributed by atoms with E-state index in [1.54, 1.807) is 6.07 Å². The van der Waals surface area contributed by atoms with Gasteiger partial charge in [-0.3, -0.25) is 9.36 Å². The molecule has 0 saturated heterocycles. The molecular formula is C17H15Cl2N3O. The van der Waals surface area contributed by atoms with Gasteiger partial charge in [0.2, 0.25) is 5.91 Å². The van der Waals surface area contributed by atoms with Crippen LogP contribution < -0.4 is 5.73 Å². The fourth-order valence-electron chi connectivity index (χ4n) is 2.61. The Morgan fingerprint density at radius 3 is 2.43 bits per heavy atom. The van der Waals surface area contributed by atoms with E-state index in [2.05, 4.69) is 4.98 Å². The average molecular weight is 348 g/mol. The molecule has 23 heavy (non-hydrogen) atoms. The number of hydrogen-bond acceptors (Lipinski definition) is 2. The van der Waals surface area contributed by atoms with E-state index in [0.29, 0.717) is 10.0 Å². The van der Waals surface area contributed by atoms with Crippen LogP contribution in [0.25, 0.3) is 16.7 Å². The normalized spacial score (nSPS) is 11.1. The van der Waals surface area contributed by atoms with Crippen molar-refractivity contribution in [3.05, 3.63) is 57.8 Å². The first-order chi connectivity index (χ1) is 11.0. The van der Waals surface area contributed by atoms with Crippen LogP contribution in [-0.4, -0.2) is 15.5 Å². The molecule has 0 spiro atoms. The zero-order valence-corrected chi connectivity index (χ0v) is 14.0. The van der Waals surface area contributed by atoms with Crippen molar-refractivity contribution >= 4 is 40.1 Å². The first kappa shape index (κ1) is 15.8. The third kappa shape index (κ3) is 3.05. The Morgan fingerprint density at radius 2 is 1.83 bits per heavy atom. The SMILES string of the molecule is CCc1nc2cc(Cl)c(Cl)cc2n1-c1ccc(CC(N)=O)cc1. The summed E-state index contributed by atoms with van der Waals surface area (Å²) < 4.78 is 2.05. The highest BCUT2D eigenvalue weighted by Crippen LogP contribution is 2.30. The monoisotopic (exact) mass is 347 g/mol. The summed E-state index contributed by atoms with van der Waals surface area (Å²) in [5.41, 5.74) is 8.77. The highest BCUT2D eigenvalue weighted by molar-refractivity contribution is 6.42. The summed E-state index contributed by atoms with van der Waals surface area (Å²) >= 11 is 12.2. The number of carbonyl (C=O) groups is 1. The maximum atomic E-state index is 11.0. The Labute approximate surface area is 143 Å². The summed E-state index contributed by atoms with van der Waals surface area (Å²) in [5.74, 6) is 0.572. The lowest BCUT2D eigenvalue weighted by molar-refractivity contribution is -0.117. The molecular weight excluding hydrogens is 333 g/mol. The van der Waals surface area contributed by atoms with Gasteiger partial charge in [0.1, 0.15) is 5.82 Å². The molecule has 0 atom stereocenters. The number of nitrogens with two attached hydrogens (primary N) is 1. The van der Waals surface area contributed by atoms with E-state index < -0.39 is 0 Å². The Kier molecular flexibility index (Phi) is 4.28. The number of imidazole rings is 1. The molecule has 0 aliphatic rings. The molecule has 3 rings (SSSR count). The molecule has 6 heteroatoms. The van der Waals surface area contributed by atoms with Crippen LogP contribution in [0.3, 0.4) is 0 Å². The lowest BCUT2D eigenvalue weighted by atomic mass is 10.1. The summed E-state index contributed by atoms with van der Waals surface area (Å²) in [6.07, 6.45) is 1.000. The van der Waals surface area contributed by atoms with Crippen molar-refractivity contribution in [1.29, 1.82) is 0 Å². The van der Waals surface area contributed by atoms with Gasteiger partial charge in [-0.25, -0.2) is 4.98 Å². The number of aromatic nitrogens is 2. The number of aryl methyl sites for hydroxylation is 1. The first-order valence-corrected chi connectivity index (χ1v) is 7.99. The van der Waals surface area contributed by atoms with Crippen molar-refractivity contribution in [3.63, 3.8) is 0 Å². The van der Waals surface area contributed by atoms with Crippen molar-refractivity contribution in [1.82, 2.24) is 9.55 Å². The summed E-state index contributed by atoms with van der Waals surface area (Å²) in [4.78, 5) is 15.6. The van der Waals surface area contributed by atoms with Gasteiger partial charge in [-0.05, 0) is 29.8 Å². The zero-order valence-electron chi connectivity index (χ0n) is 12.5. The average Bonchev–Trinajstić information content (AvgIpc) is 2.85. The topological polar surface area (TPSA) is 60.9 Å². The molecule has 3 aromatic rings. The number of nitrogens with zero attached hydrogens (tertiary/aromatic N) is 2. The number of carbonyl (C=O) groups excluding carboxylic acids is 1. The largest absolute Gasteiger partial charge is 0.369 e. The number of rotatable bonds is 4. The van der Waals surface area contributed by atoms with Gasteiger partial charge >= 0.3 is 0 Å². The van der Waals surface area contributed by atoms with Crippen LogP contribution in [0.4, 0.5) is 0 Å². The Morgan fingerprint density at radius 1 is 1.17 bits per heavy atom. The smallest absolute Gasteiger partial charge is 0.221 e. The number of halogens is 2. The van der Waals surface area contributed by atoms with Crippen LogP contribution in [0.2, 0.25) is 10.0 Å². The van der Waals surface area contributed by atoms with E-state index in [9.17, 15) is 4.79 Å². The van der Waals surface area contributed by atoms with Crippen LogP contribution in [0, 0.1) is 0 Å². The summed E-state index contributed by atoms with van der Waals surface area (Å²) in [7, 11) is 0. The second kappa shape index (κ2) is 6.22. The van der Waals surface area contributed by atoms with E-state index in [0.717, 1.165) is 34.5 Å². The van der Waals surface area contributed by atoms with Gasteiger partial charge in [0, 0.05) is 12.1 Å². The summed E-state index contributed by atoms with van der Waals surface area (Å²) in [6.45, 7) is 2.04. The quantitative estimate of drug-likeness (QED) is 0.777. The summed E-state index contributed by atoms with van der Waals surface area (Å²) in [5, 5.41) is 0.983.